The van der Waals surface area contributed by atoms with Gasteiger partial charge in [0, 0.05) is 36.7 Å². The van der Waals surface area contributed by atoms with Crippen LogP contribution in [0.1, 0.15) is 22.3 Å². The molecule has 8 aromatic rings. The van der Waals surface area contributed by atoms with Crippen LogP contribution < -0.4 is 0 Å². The van der Waals surface area contributed by atoms with Crippen LogP contribution in [0.4, 0.5) is 0 Å². The van der Waals surface area contributed by atoms with E-state index >= 15 is 0 Å². The van der Waals surface area contributed by atoms with E-state index in [4.69, 9.17) is 9.97 Å². The average Bonchev–Trinajstić information content (AvgIpc) is 3.74. The van der Waals surface area contributed by atoms with E-state index in [0.717, 1.165) is 33.9 Å². The van der Waals surface area contributed by atoms with Gasteiger partial charge in [0.25, 0.3) is 0 Å². The van der Waals surface area contributed by atoms with Crippen LogP contribution in [0.25, 0.3) is 55.1 Å². The molecule has 0 saturated heterocycles. The first kappa shape index (κ1) is 26.9. The second-order valence-corrected chi connectivity index (χ2v) is 14.1. The molecule has 10 rings (SSSR count). The maximum Gasteiger partial charge on any atom is 0.160 e. The third kappa shape index (κ3) is 3.86. The van der Waals surface area contributed by atoms with Crippen LogP contribution in [0.5, 0.6) is 0 Å². The topological polar surface area (TPSA) is 25.8 Å². The molecule has 1 atom stereocenters. The standard InChI is InChI=1S/C43H26N2S2/c1-3-12-27(13-4-1)36-26-37(45-42(44-36)29-14-5-2-6-15-29)31-17-11-20-35-41(31)47-38-21-10-9-19-33(38)43(35)32-18-8-7-16-30(32)39-34(43)23-22-28-24-25-46-40(28)39/h1-26H. The highest BCUT2D eigenvalue weighted by atomic mass is 32.2. The Morgan fingerprint density at radius 1 is 0.489 bits per heavy atom. The summed E-state index contributed by atoms with van der Waals surface area (Å²) in [6, 6.07) is 54.7. The molecule has 2 aromatic heterocycles. The van der Waals surface area contributed by atoms with E-state index in [2.05, 4.69) is 133 Å². The third-order valence-corrected chi connectivity index (χ3v) is 11.8. The Hall–Kier alpha value is -5.29. The molecule has 220 valence electrons. The van der Waals surface area contributed by atoms with Crippen molar-refractivity contribution >= 4 is 33.2 Å². The minimum atomic E-state index is -0.450. The highest BCUT2D eigenvalue weighted by molar-refractivity contribution is 7.99. The summed E-state index contributed by atoms with van der Waals surface area (Å²) in [7, 11) is 0. The maximum absolute atomic E-state index is 5.28. The fourth-order valence-electron chi connectivity index (χ4n) is 7.69. The van der Waals surface area contributed by atoms with Gasteiger partial charge in [-0.3, -0.25) is 0 Å². The van der Waals surface area contributed by atoms with Crippen molar-refractivity contribution in [2.24, 2.45) is 0 Å². The molecular formula is C43H26N2S2. The molecule has 3 heterocycles. The Kier molecular flexibility index (Phi) is 5.93. The van der Waals surface area contributed by atoms with Gasteiger partial charge in [-0.1, -0.05) is 145 Å². The van der Waals surface area contributed by atoms with Crippen LogP contribution >= 0.6 is 23.1 Å². The second kappa shape index (κ2) is 10.4. The van der Waals surface area contributed by atoms with Crippen molar-refractivity contribution in [3.05, 3.63) is 179 Å². The van der Waals surface area contributed by atoms with Gasteiger partial charge in [0.15, 0.2) is 5.82 Å². The van der Waals surface area contributed by atoms with Crippen molar-refractivity contribution in [2.45, 2.75) is 15.2 Å². The van der Waals surface area contributed by atoms with E-state index < -0.39 is 5.41 Å². The SMILES string of the molecule is c1ccc(-c2cc(-c3cccc4c3Sc3ccccc3C43c4ccccc4-c4c3ccc3ccsc43)nc(-c3ccccc3)n2)cc1. The molecule has 47 heavy (non-hydrogen) atoms. The van der Waals surface area contributed by atoms with Crippen molar-refractivity contribution in [3.63, 3.8) is 0 Å². The van der Waals surface area contributed by atoms with Gasteiger partial charge in [-0.25, -0.2) is 9.97 Å². The predicted molar refractivity (Wildman–Crippen MR) is 195 cm³/mol. The Balaban J connectivity index is 1.29. The first-order valence-corrected chi connectivity index (χ1v) is 17.5. The molecule has 0 fully saturated rings. The fraction of sp³-hybridized carbons (Fsp3) is 0.0233. The van der Waals surface area contributed by atoms with Crippen LogP contribution in [0.3, 0.4) is 0 Å². The summed E-state index contributed by atoms with van der Waals surface area (Å²) in [5, 5.41) is 3.52. The van der Waals surface area contributed by atoms with Gasteiger partial charge >= 0.3 is 0 Å². The minimum Gasteiger partial charge on any atom is -0.228 e. The summed E-state index contributed by atoms with van der Waals surface area (Å²) in [4.78, 5) is 12.9. The first-order valence-electron chi connectivity index (χ1n) is 15.8. The molecule has 0 bridgehead atoms. The van der Waals surface area contributed by atoms with E-state index in [0.29, 0.717) is 0 Å². The van der Waals surface area contributed by atoms with Crippen LogP contribution in [0, 0.1) is 0 Å². The van der Waals surface area contributed by atoms with E-state index in [9.17, 15) is 0 Å². The number of hydrogen-bond acceptors (Lipinski definition) is 4. The predicted octanol–water partition coefficient (Wildman–Crippen LogP) is 11.5. The lowest BCUT2D eigenvalue weighted by molar-refractivity contribution is 0.723. The Labute approximate surface area is 281 Å². The van der Waals surface area contributed by atoms with Gasteiger partial charge < -0.3 is 0 Å². The van der Waals surface area contributed by atoms with Crippen LogP contribution in [-0.4, -0.2) is 9.97 Å². The van der Waals surface area contributed by atoms with E-state index in [1.54, 1.807) is 0 Å². The first-order chi connectivity index (χ1) is 23.3. The molecule has 0 radical (unpaired) electrons. The molecule has 1 spiro atoms. The van der Waals surface area contributed by atoms with Crippen LogP contribution in [0.15, 0.2) is 167 Å². The lowest BCUT2D eigenvalue weighted by Gasteiger charge is -2.40. The molecule has 6 aromatic carbocycles. The van der Waals surface area contributed by atoms with Crippen molar-refractivity contribution in [1.29, 1.82) is 0 Å². The summed E-state index contributed by atoms with van der Waals surface area (Å²) in [5.41, 5.74) is 12.6. The maximum atomic E-state index is 5.28. The number of fused-ring (bicyclic) bond motifs is 11. The highest BCUT2D eigenvalue weighted by Gasteiger charge is 2.51. The zero-order valence-corrected chi connectivity index (χ0v) is 26.9. The lowest BCUT2D eigenvalue weighted by atomic mass is 9.67. The Morgan fingerprint density at radius 3 is 2.02 bits per heavy atom. The van der Waals surface area contributed by atoms with E-state index in [-0.39, 0.29) is 0 Å². The van der Waals surface area contributed by atoms with Crippen LogP contribution in [-0.2, 0) is 5.41 Å². The summed E-state index contributed by atoms with van der Waals surface area (Å²) >= 11 is 3.71. The Bertz CT molecular complexity index is 2440. The zero-order valence-electron chi connectivity index (χ0n) is 25.2. The van der Waals surface area contributed by atoms with E-state index in [1.165, 1.54) is 53.3 Å². The molecule has 1 aliphatic heterocycles. The normalized spacial score (nSPS) is 15.7. The summed E-state index contributed by atoms with van der Waals surface area (Å²) in [6.07, 6.45) is 0. The summed E-state index contributed by atoms with van der Waals surface area (Å²) < 4.78 is 1.36. The molecule has 1 aliphatic carbocycles. The smallest absolute Gasteiger partial charge is 0.160 e. The van der Waals surface area contributed by atoms with Crippen molar-refractivity contribution in [1.82, 2.24) is 9.97 Å². The van der Waals surface area contributed by atoms with Crippen molar-refractivity contribution in [2.75, 3.05) is 0 Å². The van der Waals surface area contributed by atoms with Gasteiger partial charge in [-0.15, -0.1) is 11.3 Å². The molecule has 4 heteroatoms. The molecule has 0 amide bonds. The van der Waals surface area contributed by atoms with Crippen molar-refractivity contribution < 1.29 is 0 Å². The summed E-state index contributed by atoms with van der Waals surface area (Å²) in [6.45, 7) is 0. The summed E-state index contributed by atoms with van der Waals surface area (Å²) in [5.74, 6) is 0.729. The van der Waals surface area contributed by atoms with Gasteiger partial charge in [0.2, 0.25) is 0 Å². The van der Waals surface area contributed by atoms with E-state index in [1.807, 2.05) is 47.4 Å². The van der Waals surface area contributed by atoms with Gasteiger partial charge in [0.1, 0.15) is 0 Å². The minimum absolute atomic E-state index is 0.450. The highest BCUT2D eigenvalue weighted by Crippen LogP contribution is 2.64. The quantitative estimate of drug-likeness (QED) is 0.193. The number of benzene rings is 6. The number of hydrogen-bond donors (Lipinski definition) is 0. The Morgan fingerprint density at radius 2 is 1.17 bits per heavy atom. The van der Waals surface area contributed by atoms with Gasteiger partial charge in [-0.2, -0.15) is 0 Å². The largest absolute Gasteiger partial charge is 0.228 e. The molecular weight excluding hydrogens is 609 g/mol. The molecule has 2 aliphatic rings. The molecule has 0 saturated carbocycles. The number of aromatic nitrogens is 2. The molecule has 2 nitrogen and oxygen atoms in total. The third-order valence-electron chi connectivity index (χ3n) is 9.65. The van der Waals surface area contributed by atoms with Gasteiger partial charge in [-0.05, 0) is 56.8 Å². The fourth-order valence-corrected chi connectivity index (χ4v) is 9.96. The number of nitrogens with zero attached hydrogens (tertiary/aromatic N) is 2. The number of thiophene rings is 1. The number of rotatable bonds is 3. The second-order valence-electron chi connectivity index (χ2n) is 12.1. The molecule has 1 unspecified atom stereocenters. The van der Waals surface area contributed by atoms with Gasteiger partial charge in [0.05, 0.1) is 16.8 Å². The monoisotopic (exact) mass is 634 g/mol. The molecule has 0 N–H and O–H groups in total. The van der Waals surface area contributed by atoms with Crippen LogP contribution in [0.2, 0.25) is 0 Å². The average molecular weight is 635 g/mol. The van der Waals surface area contributed by atoms with Crippen molar-refractivity contribution in [3.8, 4) is 45.0 Å². The lowest BCUT2D eigenvalue weighted by Crippen LogP contribution is -2.32. The zero-order chi connectivity index (χ0) is 31.0.